The van der Waals surface area contributed by atoms with Crippen LogP contribution in [0.15, 0.2) is 47.0 Å². The molecule has 0 unspecified atom stereocenters. The fourth-order valence-electron chi connectivity index (χ4n) is 6.48. The maximum atomic E-state index is 6.61. The van der Waals surface area contributed by atoms with E-state index in [2.05, 4.69) is 75.0 Å². The number of furan rings is 1. The van der Waals surface area contributed by atoms with Crippen molar-refractivity contribution in [2.45, 2.75) is 52.9 Å². The highest BCUT2D eigenvalue weighted by atomic mass is 16.5. The van der Waals surface area contributed by atoms with Crippen molar-refractivity contribution in [2.24, 2.45) is 13.0 Å². The third-order valence-electron chi connectivity index (χ3n) is 8.32. The van der Waals surface area contributed by atoms with E-state index in [-0.39, 0.29) is 0 Å². The van der Waals surface area contributed by atoms with E-state index in [0.29, 0.717) is 0 Å². The first-order chi connectivity index (χ1) is 16.5. The third-order valence-corrected chi connectivity index (χ3v) is 8.32. The second kappa shape index (κ2) is 7.09. The summed E-state index contributed by atoms with van der Waals surface area (Å²) in [5.41, 5.74) is 9.47. The molecule has 0 saturated heterocycles. The maximum absolute atomic E-state index is 6.61. The lowest BCUT2D eigenvalue weighted by atomic mass is 9.90. The molecule has 2 aromatic heterocycles. The molecule has 3 nitrogen and oxygen atoms in total. The average molecular weight is 449 g/mol. The van der Waals surface area contributed by atoms with Crippen molar-refractivity contribution in [2.75, 3.05) is 0 Å². The van der Waals surface area contributed by atoms with Crippen LogP contribution in [0.4, 0.5) is 0 Å². The summed E-state index contributed by atoms with van der Waals surface area (Å²) < 4.78 is 15.3. The van der Waals surface area contributed by atoms with Gasteiger partial charge in [-0.15, -0.1) is 0 Å². The van der Waals surface area contributed by atoms with Crippen molar-refractivity contribution in [3.8, 4) is 22.8 Å². The summed E-state index contributed by atoms with van der Waals surface area (Å²) in [6.45, 7) is 6.54. The summed E-state index contributed by atoms with van der Waals surface area (Å²) in [7, 11) is 2.14. The normalized spacial score (nSPS) is 15.4. The van der Waals surface area contributed by atoms with Gasteiger partial charge in [0.1, 0.15) is 29.7 Å². The summed E-state index contributed by atoms with van der Waals surface area (Å²) in [6, 6.07) is 13.4. The van der Waals surface area contributed by atoms with Crippen LogP contribution in [0.5, 0.6) is 11.5 Å². The molecule has 5 aromatic rings. The van der Waals surface area contributed by atoms with Crippen molar-refractivity contribution in [3.05, 3.63) is 64.8 Å². The van der Waals surface area contributed by atoms with E-state index in [9.17, 15) is 0 Å². The molecule has 2 aliphatic rings. The van der Waals surface area contributed by atoms with E-state index in [1.54, 1.807) is 0 Å². The van der Waals surface area contributed by atoms with Crippen LogP contribution in [0.2, 0.25) is 0 Å². The van der Waals surface area contributed by atoms with Crippen molar-refractivity contribution >= 4 is 32.7 Å². The zero-order chi connectivity index (χ0) is 23.1. The molecule has 0 N–H and O–H groups in total. The van der Waals surface area contributed by atoms with Gasteiger partial charge in [0.25, 0.3) is 0 Å². The highest BCUT2D eigenvalue weighted by Gasteiger charge is 2.32. The molecule has 3 heterocycles. The van der Waals surface area contributed by atoms with Crippen LogP contribution < -0.4 is 9.30 Å². The van der Waals surface area contributed by atoms with Gasteiger partial charge in [-0.25, -0.2) is 4.57 Å². The van der Waals surface area contributed by atoms with E-state index < -0.39 is 0 Å². The van der Waals surface area contributed by atoms with Gasteiger partial charge in [-0.3, -0.25) is 0 Å². The van der Waals surface area contributed by atoms with Gasteiger partial charge in [0.05, 0.1) is 10.9 Å². The van der Waals surface area contributed by atoms with Gasteiger partial charge in [-0.1, -0.05) is 43.9 Å². The topological polar surface area (TPSA) is 26.2 Å². The molecule has 0 amide bonds. The van der Waals surface area contributed by atoms with Crippen molar-refractivity contribution < 1.29 is 13.7 Å². The van der Waals surface area contributed by atoms with E-state index in [0.717, 1.165) is 35.0 Å². The number of benzene rings is 3. The van der Waals surface area contributed by atoms with Gasteiger partial charge < -0.3 is 9.15 Å². The third kappa shape index (κ3) is 2.73. The van der Waals surface area contributed by atoms with Crippen molar-refractivity contribution in [3.63, 3.8) is 0 Å². The minimum atomic E-state index is 0.827. The molecular weight excluding hydrogens is 418 g/mol. The second-order valence-corrected chi connectivity index (χ2v) is 10.5. The molecule has 1 saturated carbocycles. The lowest BCUT2D eigenvalue weighted by Crippen LogP contribution is -2.32. The highest BCUT2D eigenvalue weighted by Crippen LogP contribution is 2.51. The Morgan fingerprint density at radius 2 is 1.71 bits per heavy atom. The maximum Gasteiger partial charge on any atom is 0.228 e. The number of aryl methyl sites for hydroxylation is 3. The monoisotopic (exact) mass is 448 g/mol. The number of nitrogens with zero attached hydrogens (tertiary/aromatic N) is 1. The average Bonchev–Trinajstić information content (AvgIpc) is 3.46. The largest absolute Gasteiger partial charge is 0.456 e. The Hall–Kier alpha value is -3.33. The molecule has 0 spiro atoms. The van der Waals surface area contributed by atoms with Crippen molar-refractivity contribution in [1.29, 1.82) is 0 Å². The fourth-order valence-corrected chi connectivity index (χ4v) is 6.48. The predicted molar refractivity (Wildman–Crippen MR) is 138 cm³/mol. The molecule has 3 aromatic carbocycles. The smallest absolute Gasteiger partial charge is 0.228 e. The highest BCUT2D eigenvalue weighted by molar-refractivity contribution is 6.22. The van der Waals surface area contributed by atoms with Crippen molar-refractivity contribution in [1.82, 2.24) is 0 Å². The van der Waals surface area contributed by atoms with Crippen LogP contribution in [0.3, 0.4) is 0 Å². The summed E-state index contributed by atoms with van der Waals surface area (Å²) in [4.78, 5) is 0. The molecule has 1 fully saturated rings. The van der Waals surface area contributed by atoms with Crippen LogP contribution in [-0.4, -0.2) is 0 Å². The molecule has 0 atom stereocenters. The number of rotatable bonds is 2. The molecule has 34 heavy (non-hydrogen) atoms. The van der Waals surface area contributed by atoms with Gasteiger partial charge in [-0.05, 0) is 61.4 Å². The van der Waals surface area contributed by atoms with Crippen LogP contribution in [0, 0.1) is 26.7 Å². The Morgan fingerprint density at radius 1 is 0.882 bits per heavy atom. The lowest BCUT2D eigenvalue weighted by Gasteiger charge is -2.23. The molecule has 0 radical (unpaired) electrons. The second-order valence-electron chi connectivity index (χ2n) is 10.5. The lowest BCUT2D eigenvalue weighted by molar-refractivity contribution is -0.659. The van der Waals surface area contributed by atoms with E-state index >= 15 is 0 Å². The van der Waals surface area contributed by atoms with Crippen LogP contribution >= 0.6 is 0 Å². The quantitative estimate of drug-likeness (QED) is 0.251. The molecular formula is C31H30NO2+. The molecule has 1 aliphatic heterocycles. The zero-order valence-electron chi connectivity index (χ0n) is 20.4. The predicted octanol–water partition coefficient (Wildman–Crippen LogP) is 7.99. The van der Waals surface area contributed by atoms with Crippen LogP contribution in [0.1, 0.15) is 47.9 Å². The Labute approximate surface area is 200 Å². The zero-order valence-corrected chi connectivity index (χ0v) is 20.4. The minimum Gasteiger partial charge on any atom is -0.456 e. The number of aromatic nitrogens is 1. The number of pyridine rings is 1. The van der Waals surface area contributed by atoms with Gasteiger partial charge >= 0.3 is 0 Å². The first-order valence-electron chi connectivity index (χ1n) is 12.6. The SMILES string of the molecule is Cc1cc(C)c2c(c1C)-c1c3c(cc4oc5cc(CC6CCCC6)ccc5c4c3cc[n+]1C)O2. The minimum absolute atomic E-state index is 0.827. The number of ether oxygens (including phenoxy) is 1. The Kier molecular flexibility index (Phi) is 4.18. The Morgan fingerprint density at radius 3 is 2.53 bits per heavy atom. The first-order valence-corrected chi connectivity index (χ1v) is 12.6. The van der Waals surface area contributed by atoms with Gasteiger partial charge in [0, 0.05) is 28.3 Å². The molecule has 170 valence electrons. The molecule has 0 bridgehead atoms. The Balaban J connectivity index is 1.51. The summed E-state index contributed by atoms with van der Waals surface area (Å²) in [5, 5.41) is 4.76. The van der Waals surface area contributed by atoms with Gasteiger partial charge in [0.2, 0.25) is 5.69 Å². The molecule has 3 heteroatoms. The summed E-state index contributed by atoms with van der Waals surface area (Å²) in [6.07, 6.45) is 8.83. The standard InChI is InChI=1S/C31H30NO2/c1-17-13-18(2)31-27(19(17)3)30-29-23(11-12-32(30)4)28-22-10-9-21(14-20-7-5-6-8-20)15-24(22)33-25(28)16-26(29)34-31/h9-13,15-16,20H,5-8,14H2,1-4H3/q+1. The number of hydrogen-bond donors (Lipinski definition) is 0. The molecule has 1 aliphatic carbocycles. The fraction of sp³-hybridized carbons (Fsp3) is 0.323. The number of fused-ring (bicyclic) bond motifs is 6. The Bertz CT molecular complexity index is 1650. The van der Waals surface area contributed by atoms with Gasteiger partial charge in [0.15, 0.2) is 6.20 Å². The van der Waals surface area contributed by atoms with E-state index in [1.807, 2.05) is 0 Å². The summed E-state index contributed by atoms with van der Waals surface area (Å²) >= 11 is 0. The van der Waals surface area contributed by atoms with Crippen LogP contribution in [0.25, 0.3) is 44.0 Å². The molecule has 7 rings (SSSR count). The van der Waals surface area contributed by atoms with E-state index in [4.69, 9.17) is 9.15 Å². The van der Waals surface area contributed by atoms with Crippen LogP contribution in [-0.2, 0) is 13.5 Å². The first kappa shape index (κ1) is 20.1. The summed E-state index contributed by atoms with van der Waals surface area (Å²) in [5.74, 6) is 2.68. The number of hydrogen-bond acceptors (Lipinski definition) is 2. The van der Waals surface area contributed by atoms with E-state index in [1.165, 1.54) is 80.7 Å². The van der Waals surface area contributed by atoms with Gasteiger partial charge in [-0.2, -0.15) is 0 Å².